The van der Waals surface area contributed by atoms with Crippen LogP contribution in [0.15, 0.2) is 48.5 Å². The van der Waals surface area contributed by atoms with Crippen LogP contribution in [-0.2, 0) is 11.3 Å². The van der Waals surface area contributed by atoms with Gasteiger partial charge in [0, 0.05) is 19.2 Å². The van der Waals surface area contributed by atoms with E-state index in [-0.39, 0.29) is 11.9 Å². The lowest BCUT2D eigenvalue weighted by atomic mass is 10.1. The summed E-state index contributed by atoms with van der Waals surface area (Å²) >= 11 is 0. The molecule has 4 nitrogen and oxygen atoms in total. The molecule has 0 heterocycles. The number of aryl methyl sites for hydroxylation is 1. The molecule has 0 unspecified atom stereocenters. The minimum absolute atomic E-state index is 0.0184. The van der Waals surface area contributed by atoms with Crippen LogP contribution in [0.5, 0.6) is 0 Å². The maximum Gasteiger partial charge on any atom is 0.337 e. The Hall–Kier alpha value is -2.62. The number of methoxy groups -OCH3 is 1. The first-order valence-corrected chi connectivity index (χ1v) is 7.01. The summed E-state index contributed by atoms with van der Waals surface area (Å²) < 4.78 is 4.66. The van der Waals surface area contributed by atoms with E-state index in [4.69, 9.17) is 0 Å². The minimum atomic E-state index is -0.365. The molecule has 22 heavy (non-hydrogen) atoms. The lowest BCUT2D eigenvalue weighted by Crippen LogP contribution is -2.26. The van der Waals surface area contributed by atoms with E-state index in [0.29, 0.717) is 17.7 Å². The highest BCUT2D eigenvalue weighted by molar-refractivity contribution is 5.95. The number of carbonyl (C=O) groups is 2. The molecule has 4 heteroatoms. The van der Waals surface area contributed by atoms with Crippen LogP contribution < -0.4 is 0 Å². The second-order valence-corrected chi connectivity index (χ2v) is 5.16. The van der Waals surface area contributed by atoms with Crippen molar-refractivity contribution in [2.75, 3.05) is 14.2 Å². The van der Waals surface area contributed by atoms with Crippen LogP contribution in [0.3, 0.4) is 0 Å². The molecular weight excluding hydrogens is 278 g/mol. The lowest BCUT2D eigenvalue weighted by Gasteiger charge is -2.18. The first kappa shape index (κ1) is 15.8. The monoisotopic (exact) mass is 297 g/mol. The van der Waals surface area contributed by atoms with Crippen LogP contribution in [0.2, 0.25) is 0 Å². The predicted octanol–water partition coefficient (Wildman–Crippen LogP) is 3.05. The van der Waals surface area contributed by atoms with Crippen molar-refractivity contribution in [3.8, 4) is 0 Å². The Balaban J connectivity index is 2.08. The van der Waals surface area contributed by atoms with Crippen LogP contribution in [0.25, 0.3) is 0 Å². The van der Waals surface area contributed by atoms with E-state index in [1.54, 1.807) is 24.1 Å². The Morgan fingerprint density at radius 3 is 2.27 bits per heavy atom. The van der Waals surface area contributed by atoms with Crippen molar-refractivity contribution >= 4 is 11.9 Å². The SMILES string of the molecule is COC(=O)c1ccc(CN(C)C(=O)c2ccccc2C)cc1. The molecule has 0 saturated carbocycles. The minimum Gasteiger partial charge on any atom is -0.465 e. The van der Waals surface area contributed by atoms with Crippen molar-refractivity contribution in [3.63, 3.8) is 0 Å². The average Bonchev–Trinajstić information content (AvgIpc) is 2.54. The van der Waals surface area contributed by atoms with Crippen LogP contribution in [0.1, 0.15) is 31.8 Å². The number of esters is 1. The zero-order valence-electron chi connectivity index (χ0n) is 13.0. The van der Waals surface area contributed by atoms with Crippen LogP contribution in [-0.4, -0.2) is 30.9 Å². The number of nitrogens with zero attached hydrogens (tertiary/aromatic N) is 1. The van der Waals surface area contributed by atoms with Gasteiger partial charge in [0.25, 0.3) is 5.91 Å². The van der Waals surface area contributed by atoms with Gasteiger partial charge >= 0.3 is 5.97 Å². The van der Waals surface area contributed by atoms with Gasteiger partial charge < -0.3 is 9.64 Å². The lowest BCUT2D eigenvalue weighted by molar-refractivity contribution is 0.0600. The highest BCUT2D eigenvalue weighted by Gasteiger charge is 2.14. The summed E-state index contributed by atoms with van der Waals surface area (Å²) in [4.78, 5) is 25.5. The van der Waals surface area contributed by atoms with Crippen molar-refractivity contribution in [3.05, 3.63) is 70.8 Å². The van der Waals surface area contributed by atoms with Gasteiger partial charge in [-0.2, -0.15) is 0 Å². The number of hydrogen-bond donors (Lipinski definition) is 0. The Labute approximate surface area is 130 Å². The number of amides is 1. The zero-order valence-corrected chi connectivity index (χ0v) is 13.0. The largest absolute Gasteiger partial charge is 0.465 e. The Kier molecular flexibility index (Phi) is 4.94. The van der Waals surface area contributed by atoms with E-state index in [2.05, 4.69) is 4.74 Å². The molecule has 0 aliphatic rings. The van der Waals surface area contributed by atoms with Gasteiger partial charge in [-0.1, -0.05) is 30.3 Å². The Morgan fingerprint density at radius 1 is 1.05 bits per heavy atom. The predicted molar refractivity (Wildman–Crippen MR) is 84.8 cm³/mol. The van der Waals surface area contributed by atoms with Gasteiger partial charge in [0.1, 0.15) is 0 Å². The smallest absolute Gasteiger partial charge is 0.337 e. The summed E-state index contributed by atoms with van der Waals surface area (Å²) in [5, 5.41) is 0. The molecule has 2 aromatic carbocycles. The maximum atomic E-state index is 12.4. The zero-order chi connectivity index (χ0) is 16.1. The number of ether oxygens (including phenoxy) is 1. The van der Waals surface area contributed by atoms with Crippen molar-refractivity contribution in [2.45, 2.75) is 13.5 Å². The summed E-state index contributed by atoms with van der Waals surface area (Å²) in [5.41, 5.74) is 3.12. The van der Waals surface area contributed by atoms with Crippen molar-refractivity contribution < 1.29 is 14.3 Å². The van der Waals surface area contributed by atoms with E-state index < -0.39 is 0 Å². The highest BCUT2D eigenvalue weighted by atomic mass is 16.5. The molecule has 2 aromatic rings. The summed E-state index contributed by atoms with van der Waals surface area (Å²) in [6.45, 7) is 2.40. The average molecular weight is 297 g/mol. The third-order valence-corrected chi connectivity index (χ3v) is 3.52. The van der Waals surface area contributed by atoms with E-state index in [0.717, 1.165) is 11.1 Å². The van der Waals surface area contributed by atoms with Gasteiger partial charge in [0.05, 0.1) is 12.7 Å². The van der Waals surface area contributed by atoms with E-state index in [9.17, 15) is 9.59 Å². The van der Waals surface area contributed by atoms with Gasteiger partial charge in [0.15, 0.2) is 0 Å². The first-order chi connectivity index (χ1) is 10.5. The number of carbonyl (C=O) groups excluding carboxylic acids is 2. The fourth-order valence-electron chi connectivity index (χ4n) is 2.23. The molecule has 0 atom stereocenters. The molecule has 0 aliphatic carbocycles. The quantitative estimate of drug-likeness (QED) is 0.815. The fraction of sp³-hybridized carbons (Fsp3) is 0.222. The molecule has 114 valence electrons. The third-order valence-electron chi connectivity index (χ3n) is 3.52. The molecule has 0 aliphatic heterocycles. The molecule has 0 aromatic heterocycles. The van der Waals surface area contributed by atoms with Crippen LogP contribution in [0, 0.1) is 6.92 Å². The van der Waals surface area contributed by atoms with Crippen molar-refractivity contribution in [1.82, 2.24) is 4.90 Å². The molecule has 2 rings (SSSR count). The van der Waals surface area contributed by atoms with Gasteiger partial charge in [-0.15, -0.1) is 0 Å². The molecule has 0 N–H and O–H groups in total. The summed E-state index contributed by atoms with van der Waals surface area (Å²) in [6.07, 6.45) is 0. The molecule has 0 fully saturated rings. The van der Waals surface area contributed by atoms with Crippen LogP contribution in [0.4, 0.5) is 0 Å². The second kappa shape index (κ2) is 6.89. The number of rotatable bonds is 4. The van der Waals surface area contributed by atoms with Gasteiger partial charge in [-0.05, 0) is 36.2 Å². The third kappa shape index (κ3) is 3.52. The number of benzene rings is 2. The molecule has 1 amide bonds. The molecule has 0 bridgehead atoms. The normalized spacial score (nSPS) is 10.1. The van der Waals surface area contributed by atoms with Gasteiger partial charge in [0.2, 0.25) is 0 Å². The Morgan fingerprint density at radius 2 is 1.68 bits per heavy atom. The van der Waals surface area contributed by atoms with Gasteiger partial charge in [-0.3, -0.25) is 4.79 Å². The highest BCUT2D eigenvalue weighted by Crippen LogP contribution is 2.13. The summed E-state index contributed by atoms with van der Waals surface area (Å²) in [6, 6.07) is 14.6. The topological polar surface area (TPSA) is 46.6 Å². The molecular formula is C18H19NO3. The number of hydrogen-bond acceptors (Lipinski definition) is 3. The standard InChI is InChI=1S/C18H19NO3/c1-13-6-4-5-7-16(13)17(20)19(2)12-14-8-10-15(11-9-14)18(21)22-3/h4-11H,12H2,1-3H3. The second-order valence-electron chi connectivity index (χ2n) is 5.16. The van der Waals surface area contributed by atoms with E-state index >= 15 is 0 Å². The molecule has 0 radical (unpaired) electrons. The fourth-order valence-corrected chi connectivity index (χ4v) is 2.23. The maximum absolute atomic E-state index is 12.4. The Bertz CT molecular complexity index is 677. The summed E-state index contributed by atoms with van der Waals surface area (Å²) in [7, 11) is 3.12. The summed E-state index contributed by atoms with van der Waals surface area (Å²) in [5.74, 6) is -0.383. The van der Waals surface area contributed by atoms with Gasteiger partial charge in [-0.25, -0.2) is 4.79 Å². The van der Waals surface area contributed by atoms with E-state index in [1.807, 2.05) is 43.3 Å². The first-order valence-electron chi connectivity index (χ1n) is 7.01. The van der Waals surface area contributed by atoms with Crippen molar-refractivity contribution in [2.24, 2.45) is 0 Å². The molecule has 0 saturated heterocycles. The van der Waals surface area contributed by atoms with Crippen molar-refractivity contribution in [1.29, 1.82) is 0 Å². The molecule has 0 spiro atoms. The van der Waals surface area contributed by atoms with E-state index in [1.165, 1.54) is 7.11 Å². The van der Waals surface area contributed by atoms with Crippen LogP contribution >= 0.6 is 0 Å².